The maximum atomic E-state index is 13.0. The maximum Gasteiger partial charge on any atom is 0.242 e. The molecule has 2 aromatic carbocycles. The molecule has 0 heterocycles. The van der Waals surface area contributed by atoms with E-state index in [-0.39, 0.29) is 11.8 Å². The molecule has 0 fully saturated rings. The molecule has 0 unspecified atom stereocenters. The van der Waals surface area contributed by atoms with Gasteiger partial charge in [0.1, 0.15) is 6.04 Å². The van der Waals surface area contributed by atoms with Gasteiger partial charge in [-0.05, 0) is 37.8 Å². The summed E-state index contributed by atoms with van der Waals surface area (Å²) in [6, 6.07) is 16.1. The Morgan fingerprint density at radius 1 is 1.03 bits per heavy atom. The molecule has 0 saturated heterocycles. The van der Waals surface area contributed by atoms with Crippen LogP contribution in [0.5, 0.6) is 0 Å². The van der Waals surface area contributed by atoms with Crippen molar-refractivity contribution in [2.45, 2.75) is 45.4 Å². The summed E-state index contributed by atoms with van der Waals surface area (Å²) >= 11 is 1.61. The lowest BCUT2D eigenvalue weighted by Crippen LogP contribution is -2.50. The minimum atomic E-state index is -0.432. The van der Waals surface area contributed by atoms with Crippen molar-refractivity contribution >= 4 is 23.6 Å². The zero-order valence-corrected chi connectivity index (χ0v) is 18.7. The summed E-state index contributed by atoms with van der Waals surface area (Å²) in [4.78, 5) is 27.1. The van der Waals surface area contributed by atoms with Crippen molar-refractivity contribution in [3.05, 3.63) is 70.8 Å². The van der Waals surface area contributed by atoms with Crippen LogP contribution in [0.25, 0.3) is 0 Å². The topological polar surface area (TPSA) is 49.4 Å². The van der Waals surface area contributed by atoms with Gasteiger partial charge in [-0.1, -0.05) is 66.6 Å². The predicted molar refractivity (Wildman–Crippen MR) is 122 cm³/mol. The van der Waals surface area contributed by atoms with Crippen molar-refractivity contribution in [1.29, 1.82) is 0 Å². The standard InChI is InChI=1S/C24H32N2O2S/c1-5-22(24(28)25-4)26(12-11-20-9-7-6-8-10-20)23(27)17-29-16-21-14-18(2)13-19(3)15-21/h6-10,13-15,22H,5,11-12,16-17H2,1-4H3,(H,25,28)/t22-/m0/s1. The number of aryl methyl sites for hydroxylation is 2. The van der Waals surface area contributed by atoms with E-state index in [0.717, 1.165) is 12.2 Å². The van der Waals surface area contributed by atoms with Gasteiger partial charge in [-0.25, -0.2) is 0 Å². The Hall–Kier alpha value is -2.27. The van der Waals surface area contributed by atoms with Crippen molar-refractivity contribution < 1.29 is 9.59 Å². The molecule has 2 aromatic rings. The van der Waals surface area contributed by atoms with E-state index in [1.165, 1.54) is 22.3 Å². The van der Waals surface area contributed by atoms with Crippen molar-refractivity contribution in [1.82, 2.24) is 10.2 Å². The number of carbonyl (C=O) groups is 2. The Balaban J connectivity index is 2.03. The van der Waals surface area contributed by atoms with Gasteiger partial charge >= 0.3 is 0 Å². The molecule has 0 saturated carbocycles. The van der Waals surface area contributed by atoms with Gasteiger partial charge in [-0.15, -0.1) is 11.8 Å². The average Bonchev–Trinajstić information content (AvgIpc) is 2.70. The quantitative estimate of drug-likeness (QED) is 0.638. The van der Waals surface area contributed by atoms with E-state index in [2.05, 4.69) is 49.5 Å². The van der Waals surface area contributed by atoms with Crippen LogP contribution in [-0.2, 0) is 21.8 Å². The van der Waals surface area contributed by atoms with E-state index in [1.807, 2.05) is 25.1 Å². The fraction of sp³-hybridized carbons (Fsp3) is 0.417. The first-order valence-corrected chi connectivity index (χ1v) is 11.3. The van der Waals surface area contributed by atoms with Gasteiger partial charge in [-0.2, -0.15) is 0 Å². The number of likely N-dealkylation sites (N-methyl/N-ethyl adjacent to an activating group) is 1. The number of rotatable bonds is 10. The Labute approximate surface area is 179 Å². The van der Waals surface area contributed by atoms with E-state index in [4.69, 9.17) is 0 Å². The molecule has 2 amide bonds. The summed E-state index contributed by atoms with van der Waals surface area (Å²) in [5.41, 5.74) is 4.87. The third kappa shape index (κ3) is 7.24. The van der Waals surface area contributed by atoms with E-state index >= 15 is 0 Å². The molecule has 0 aromatic heterocycles. The van der Waals surface area contributed by atoms with Crippen LogP contribution in [0, 0.1) is 13.8 Å². The molecule has 4 nitrogen and oxygen atoms in total. The average molecular weight is 413 g/mol. The SMILES string of the molecule is CC[C@@H](C(=O)NC)N(CCc1ccccc1)C(=O)CSCc1cc(C)cc(C)c1. The highest BCUT2D eigenvalue weighted by Gasteiger charge is 2.27. The highest BCUT2D eigenvalue weighted by Crippen LogP contribution is 2.18. The van der Waals surface area contributed by atoms with Crippen LogP contribution < -0.4 is 5.32 Å². The summed E-state index contributed by atoms with van der Waals surface area (Å²) in [6.07, 6.45) is 1.34. The van der Waals surface area contributed by atoms with Crippen LogP contribution in [0.3, 0.4) is 0 Å². The van der Waals surface area contributed by atoms with Crippen LogP contribution in [0.1, 0.15) is 35.6 Å². The zero-order chi connectivity index (χ0) is 21.2. The Morgan fingerprint density at radius 2 is 1.69 bits per heavy atom. The lowest BCUT2D eigenvalue weighted by molar-refractivity contribution is -0.138. The van der Waals surface area contributed by atoms with Gasteiger partial charge in [0.15, 0.2) is 0 Å². The number of hydrogen-bond acceptors (Lipinski definition) is 3. The Morgan fingerprint density at radius 3 is 2.28 bits per heavy atom. The molecular formula is C24H32N2O2S. The summed E-state index contributed by atoms with van der Waals surface area (Å²) < 4.78 is 0. The van der Waals surface area contributed by atoms with Crippen LogP contribution in [0.4, 0.5) is 0 Å². The monoisotopic (exact) mass is 412 g/mol. The van der Waals surface area contributed by atoms with Crippen LogP contribution in [0.2, 0.25) is 0 Å². The molecule has 29 heavy (non-hydrogen) atoms. The number of thioether (sulfide) groups is 1. The minimum Gasteiger partial charge on any atom is -0.357 e. The first kappa shape index (κ1) is 23.0. The molecule has 2 rings (SSSR count). The zero-order valence-electron chi connectivity index (χ0n) is 17.9. The van der Waals surface area contributed by atoms with Crippen molar-refractivity contribution in [2.24, 2.45) is 0 Å². The molecule has 0 aliphatic heterocycles. The smallest absolute Gasteiger partial charge is 0.242 e. The lowest BCUT2D eigenvalue weighted by atomic mass is 10.1. The molecule has 0 aliphatic rings. The molecular weight excluding hydrogens is 380 g/mol. The molecule has 1 N–H and O–H groups in total. The number of nitrogens with zero attached hydrogens (tertiary/aromatic N) is 1. The third-order valence-corrected chi connectivity index (χ3v) is 5.88. The second-order valence-electron chi connectivity index (χ2n) is 7.35. The third-order valence-electron chi connectivity index (χ3n) is 4.89. The van der Waals surface area contributed by atoms with Crippen molar-refractivity contribution in [3.63, 3.8) is 0 Å². The van der Waals surface area contributed by atoms with E-state index < -0.39 is 6.04 Å². The largest absolute Gasteiger partial charge is 0.357 e. The first-order chi connectivity index (χ1) is 13.9. The van der Waals surface area contributed by atoms with E-state index in [9.17, 15) is 9.59 Å². The molecule has 0 spiro atoms. The van der Waals surface area contributed by atoms with Crippen LogP contribution in [-0.4, -0.2) is 42.1 Å². The van der Waals surface area contributed by atoms with Crippen LogP contribution >= 0.6 is 11.8 Å². The summed E-state index contributed by atoms with van der Waals surface area (Å²) in [5.74, 6) is 1.08. The van der Waals surface area contributed by atoms with Crippen LogP contribution in [0.15, 0.2) is 48.5 Å². The Bertz CT molecular complexity index is 788. The van der Waals surface area contributed by atoms with Crippen molar-refractivity contribution in [3.8, 4) is 0 Å². The minimum absolute atomic E-state index is 0.0192. The molecule has 0 aliphatic carbocycles. The fourth-order valence-corrected chi connectivity index (χ4v) is 4.40. The number of hydrogen-bond donors (Lipinski definition) is 1. The van der Waals surface area contributed by atoms with Gasteiger partial charge in [-0.3, -0.25) is 9.59 Å². The highest BCUT2D eigenvalue weighted by molar-refractivity contribution is 7.99. The molecule has 5 heteroatoms. The number of nitrogens with one attached hydrogen (secondary N) is 1. The number of benzene rings is 2. The summed E-state index contributed by atoms with van der Waals surface area (Å²) in [5, 5.41) is 2.70. The Kier molecular flexibility index (Phi) is 9.26. The molecule has 0 bridgehead atoms. The van der Waals surface area contributed by atoms with Gasteiger partial charge in [0.05, 0.1) is 5.75 Å². The highest BCUT2D eigenvalue weighted by atomic mass is 32.2. The van der Waals surface area contributed by atoms with E-state index in [0.29, 0.717) is 18.7 Å². The van der Waals surface area contributed by atoms with Crippen molar-refractivity contribution in [2.75, 3.05) is 19.3 Å². The van der Waals surface area contributed by atoms with Gasteiger partial charge in [0.2, 0.25) is 11.8 Å². The molecule has 1 atom stereocenters. The first-order valence-electron chi connectivity index (χ1n) is 10.1. The number of amides is 2. The number of carbonyl (C=O) groups excluding carboxylic acids is 2. The van der Waals surface area contributed by atoms with Gasteiger partial charge in [0, 0.05) is 19.3 Å². The molecule has 0 radical (unpaired) electrons. The summed E-state index contributed by atoms with van der Waals surface area (Å²) in [6.45, 7) is 6.67. The molecule has 156 valence electrons. The maximum absolute atomic E-state index is 13.0. The van der Waals surface area contributed by atoms with E-state index in [1.54, 1.807) is 23.7 Å². The fourth-order valence-electron chi connectivity index (χ4n) is 3.55. The normalized spacial score (nSPS) is 11.7. The summed E-state index contributed by atoms with van der Waals surface area (Å²) in [7, 11) is 1.62. The lowest BCUT2D eigenvalue weighted by Gasteiger charge is -2.30. The van der Waals surface area contributed by atoms with Gasteiger partial charge < -0.3 is 10.2 Å². The second-order valence-corrected chi connectivity index (χ2v) is 8.34. The van der Waals surface area contributed by atoms with Gasteiger partial charge in [0.25, 0.3) is 0 Å². The second kappa shape index (κ2) is 11.7. The predicted octanol–water partition coefficient (Wildman–Crippen LogP) is 4.13.